The van der Waals surface area contributed by atoms with E-state index in [0.29, 0.717) is 62.2 Å². The predicted molar refractivity (Wildman–Crippen MR) is 283 cm³/mol. The number of ether oxygens (including phenoxy) is 6. The van der Waals surface area contributed by atoms with Crippen LogP contribution in [0.3, 0.4) is 0 Å². The number of rotatable bonds is 22. The molecule has 0 spiro atoms. The highest BCUT2D eigenvalue weighted by atomic mass is 35.5. The second-order valence-corrected chi connectivity index (χ2v) is 20.4. The van der Waals surface area contributed by atoms with Crippen molar-refractivity contribution in [3.05, 3.63) is 70.2 Å². The van der Waals surface area contributed by atoms with Gasteiger partial charge in [0.25, 0.3) is 0 Å². The monoisotopic (exact) mass is 1080 g/mol. The Morgan fingerprint density at radius 3 is 1.61 bits per heavy atom. The molecule has 0 radical (unpaired) electrons. The van der Waals surface area contributed by atoms with Crippen molar-refractivity contribution in [1.82, 2.24) is 41.7 Å². The van der Waals surface area contributed by atoms with Crippen LogP contribution in [0.4, 0.5) is 28.0 Å². The van der Waals surface area contributed by atoms with Gasteiger partial charge in [-0.25, -0.2) is 28.0 Å². The first-order chi connectivity index (χ1) is 36.4. The fraction of sp³-hybridized carbons (Fsp3) is 0.704. The van der Waals surface area contributed by atoms with Crippen molar-refractivity contribution in [2.75, 3.05) is 120 Å². The van der Waals surface area contributed by atoms with E-state index in [0.717, 1.165) is 103 Å². The fourth-order valence-electron chi connectivity index (χ4n) is 10.6. The van der Waals surface area contributed by atoms with Crippen LogP contribution in [-0.4, -0.2) is 166 Å². The molecule has 4 aliphatic heterocycles. The molecule has 0 aromatic heterocycles. The molecule has 18 nitrogen and oxygen atoms in total. The lowest BCUT2D eigenvalue weighted by Gasteiger charge is -2.38. The number of methoxy groups -OCH3 is 2. The van der Waals surface area contributed by atoms with Crippen LogP contribution < -0.4 is 31.9 Å². The van der Waals surface area contributed by atoms with Crippen LogP contribution in [0.5, 0.6) is 0 Å². The number of likely N-dealkylation sites (tertiary alicyclic amines) is 2. The number of hydrogen-bond acceptors (Lipinski definition) is 12. The Balaban J connectivity index is 0.000000277. The number of likely N-dealkylation sites (N-methyl/N-ethyl adjacent to an activating group) is 2. The summed E-state index contributed by atoms with van der Waals surface area (Å²) in [5.74, 6) is -0.220. The Morgan fingerprint density at radius 2 is 1.13 bits per heavy atom. The van der Waals surface area contributed by atoms with Gasteiger partial charge in [-0.15, -0.1) is 0 Å². The zero-order chi connectivity index (χ0) is 53.8. The molecule has 0 unspecified atom stereocenters. The van der Waals surface area contributed by atoms with Crippen molar-refractivity contribution in [3.63, 3.8) is 0 Å². The van der Waals surface area contributed by atoms with Crippen LogP contribution in [0.25, 0.3) is 0 Å². The molecule has 6 amide bonds. The van der Waals surface area contributed by atoms with E-state index in [9.17, 15) is 23.6 Å². The zero-order valence-corrected chi connectivity index (χ0v) is 45.4. The second kappa shape index (κ2) is 34.2. The van der Waals surface area contributed by atoms with Gasteiger partial charge in [0.15, 0.2) is 0 Å². The molecular weight excluding hydrogens is 994 g/mol. The van der Waals surface area contributed by atoms with Crippen molar-refractivity contribution in [2.45, 2.75) is 101 Å². The van der Waals surface area contributed by atoms with Gasteiger partial charge in [0.2, 0.25) is 0 Å². The third kappa shape index (κ3) is 21.1. The summed E-state index contributed by atoms with van der Waals surface area (Å²) in [5.41, 5.74) is 0.818. The Labute approximate surface area is 448 Å². The van der Waals surface area contributed by atoms with Gasteiger partial charge in [0.05, 0.1) is 44.7 Å². The molecule has 75 heavy (non-hydrogen) atoms. The van der Waals surface area contributed by atoms with Gasteiger partial charge in [-0.1, -0.05) is 54.8 Å². The quantitative estimate of drug-likeness (QED) is 0.0633. The van der Waals surface area contributed by atoms with Gasteiger partial charge < -0.3 is 70.1 Å². The summed E-state index contributed by atoms with van der Waals surface area (Å²) in [7, 11) is 6.36. The molecule has 4 saturated heterocycles. The van der Waals surface area contributed by atoms with Gasteiger partial charge >= 0.3 is 24.2 Å². The number of benzene rings is 2. The van der Waals surface area contributed by atoms with Gasteiger partial charge in [-0.3, -0.25) is 0 Å². The van der Waals surface area contributed by atoms with Crippen molar-refractivity contribution < 1.29 is 56.4 Å². The van der Waals surface area contributed by atoms with Crippen LogP contribution >= 0.6 is 11.6 Å². The lowest BCUT2D eigenvalue weighted by Crippen LogP contribution is -2.52. The number of amides is 6. The molecule has 4 aliphatic rings. The minimum atomic E-state index is -0.625. The average molecular weight is 1080 g/mol. The summed E-state index contributed by atoms with van der Waals surface area (Å²) in [5, 5.41) is 18.0. The summed E-state index contributed by atoms with van der Waals surface area (Å²) in [6.07, 6.45) is 9.34. The standard InChI is InChI=1S/C27H42ClFN4O5.C27H43FN4O5/c1-30-16-21(15-19-7-3-4-13-37-18-19)32-26(34)33-12-6-8-20(17-33)25(38-14-11-31-27(35)36-2)22-9-5-10-23(28)24(22)29;1-29-17-22(16-20-8-5-6-14-36-19-20)31-26(33)32-13-7-9-21(18-32)25(23-10-3-4-11-24(23)28)37-15-12-30-27(34)35-2/h5,9-10,19-21,25,30H,3-4,6-8,11-18H2,1-2H3,(H,31,35)(H,32,34);3-4,10-11,20-22,25,29H,5-9,12-19H2,1-2H3,(H,30,34)(H,31,33)/t19-,20-,21+,25-;20-,21-,22+,25-/m11/s1. The number of hydrogen-bond donors (Lipinski definition) is 6. The second-order valence-electron chi connectivity index (χ2n) is 20.0. The fourth-order valence-corrected chi connectivity index (χ4v) is 10.8. The molecule has 6 rings (SSSR count). The average Bonchev–Trinajstić information content (AvgIpc) is 3.85. The van der Waals surface area contributed by atoms with E-state index in [1.54, 1.807) is 35.2 Å². The third-order valence-electron chi connectivity index (χ3n) is 14.4. The van der Waals surface area contributed by atoms with Gasteiger partial charge in [-0.2, -0.15) is 0 Å². The number of halogens is 3. The van der Waals surface area contributed by atoms with Gasteiger partial charge in [0.1, 0.15) is 11.6 Å². The first kappa shape index (κ1) is 61.3. The summed E-state index contributed by atoms with van der Waals surface area (Å²) in [6.45, 7) is 7.43. The molecule has 0 saturated carbocycles. The lowest BCUT2D eigenvalue weighted by molar-refractivity contribution is -0.0107. The summed E-state index contributed by atoms with van der Waals surface area (Å²) >= 11 is 6.08. The smallest absolute Gasteiger partial charge is 0.406 e. The van der Waals surface area contributed by atoms with Crippen molar-refractivity contribution in [2.24, 2.45) is 23.7 Å². The maximum atomic E-state index is 15.1. The van der Waals surface area contributed by atoms with Crippen molar-refractivity contribution in [3.8, 4) is 0 Å². The molecule has 0 aliphatic carbocycles. The normalized spacial score (nSPS) is 21.9. The molecule has 8 atom stereocenters. The molecule has 21 heteroatoms. The minimum absolute atomic E-state index is 0.00703. The van der Waals surface area contributed by atoms with Crippen LogP contribution in [0.2, 0.25) is 5.02 Å². The first-order valence-electron chi connectivity index (χ1n) is 27.0. The van der Waals surface area contributed by atoms with Crippen LogP contribution in [0.1, 0.15) is 100 Å². The molecular formula is C54H85ClF2N8O10. The van der Waals surface area contributed by atoms with Gasteiger partial charge in [-0.05, 0) is 102 Å². The van der Waals surface area contributed by atoms with Crippen LogP contribution in [-0.2, 0) is 28.4 Å². The number of carbonyl (C=O) groups is 4. The van der Waals surface area contributed by atoms with Crippen molar-refractivity contribution >= 4 is 35.8 Å². The molecule has 4 heterocycles. The summed E-state index contributed by atoms with van der Waals surface area (Å²) in [6, 6.07) is 11.2. The molecule has 4 fully saturated rings. The molecule has 2 aromatic carbocycles. The van der Waals surface area contributed by atoms with Crippen LogP contribution in [0.15, 0.2) is 42.5 Å². The maximum Gasteiger partial charge on any atom is 0.406 e. The number of alkyl carbamates (subject to hydrolysis) is 2. The van der Waals surface area contributed by atoms with Crippen molar-refractivity contribution in [1.29, 1.82) is 0 Å². The van der Waals surface area contributed by atoms with E-state index in [4.69, 9.17) is 30.5 Å². The number of nitrogens with zero attached hydrogens (tertiary/aromatic N) is 2. The van der Waals surface area contributed by atoms with Crippen LogP contribution in [0, 0.1) is 35.3 Å². The first-order valence-corrected chi connectivity index (χ1v) is 27.4. The molecule has 6 N–H and O–H groups in total. The number of nitrogens with one attached hydrogen (secondary N) is 6. The van der Waals surface area contributed by atoms with E-state index in [2.05, 4.69) is 41.4 Å². The van der Waals surface area contributed by atoms with Gasteiger partial charge in [0, 0.05) is 114 Å². The Kier molecular flexibility index (Phi) is 28.0. The predicted octanol–water partition coefficient (Wildman–Crippen LogP) is 7.57. The van der Waals surface area contributed by atoms with E-state index in [1.807, 2.05) is 19.0 Å². The Morgan fingerprint density at radius 1 is 0.653 bits per heavy atom. The highest BCUT2D eigenvalue weighted by molar-refractivity contribution is 6.30. The summed E-state index contributed by atoms with van der Waals surface area (Å²) in [4.78, 5) is 53.0. The summed E-state index contributed by atoms with van der Waals surface area (Å²) < 4.78 is 62.7. The van der Waals surface area contributed by atoms with E-state index >= 15 is 4.39 Å². The Hall–Kier alpha value is -4.57. The Bertz CT molecular complexity index is 2000. The molecule has 2 aromatic rings. The topological polar surface area (TPSA) is 202 Å². The zero-order valence-electron chi connectivity index (χ0n) is 44.7. The molecule has 0 bridgehead atoms. The highest BCUT2D eigenvalue weighted by Gasteiger charge is 2.36. The SMILES string of the molecule is CNC[C@H](C[C@H]1CCCCOC1)NC(=O)N1CCC[C@@H]([C@@H](OCCNC(=O)OC)c2cccc(Cl)c2F)C1.CNC[C@H](C[C@H]1CCCCOC1)NC(=O)N1CCC[C@@H]([C@@H](OCCNC(=O)OC)c2ccccc2F)C1. The lowest BCUT2D eigenvalue weighted by atomic mass is 9.88. The number of carbonyl (C=O) groups excluding carboxylic acids is 4. The largest absolute Gasteiger partial charge is 0.453 e. The maximum absolute atomic E-state index is 15.1. The number of piperidine rings is 2. The van der Waals surface area contributed by atoms with E-state index < -0.39 is 30.2 Å². The van der Waals surface area contributed by atoms with E-state index in [1.165, 1.54) is 26.4 Å². The minimum Gasteiger partial charge on any atom is -0.453 e. The number of urea groups is 2. The third-order valence-corrected chi connectivity index (χ3v) is 14.6. The highest BCUT2D eigenvalue weighted by Crippen LogP contribution is 2.37. The molecule has 422 valence electrons. The van der Waals surface area contributed by atoms with E-state index in [-0.39, 0.29) is 73.1 Å².